The second-order valence-corrected chi connectivity index (χ2v) is 2.65. The summed E-state index contributed by atoms with van der Waals surface area (Å²) in [6.45, 7) is 12.2. The average Bonchev–Trinajstić information content (AvgIpc) is 1.87. The van der Waals surface area contributed by atoms with Crippen molar-refractivity contribution < 1.29 is 0 Å². The zero-order valence-electron chi connectivity index (χ0n) is 7.09. The summed E-state index contributed by atoms with van der Waals surface area (Å²) >= 11 is 0. The number of hydrogen-bond acceptors (Lipinski definition) is 2. The van der Waals surface area contributed by atoms with Crippen molar-refractivity contribution in [3.8, 4) is 0 Å². The van der Waals surface area contributed by atoms with Gasteiger partial charge in [-0.05, 0) is 20.6 Å². The Hall–Kier alpha value is -0.790. The van der Waals surface area contributed by atoms with E-state index in [1.54, 1.807) is 0 Å². The second kappa shape index (κ2) is 4.09. The van der Waals surface area contributed by atoms with E-state index in [9.17, 15) is 0 Å². The molecule has 0 saturated heterocycles. The van der Waals surface area contributed by atoms with Gasteiger partial charge >= 0.3 is 0 Å². The molecule has 2 heteroatoms. The summed E-state index contributed by atoms with van der Waals surface area (Å²) in [5.74, 6) is 0. The molecule has 0 aliphatic carbocycles. The standard InChI is InChI=1S/C8H16N2/c1-7(2)10(5)6-8(3)9-4/h8H,1,4,6H2,2-3,5H3. The molecule has 10 heavy (non-hydrogen) atoms. The Morgan fingerprint density at radius 2 is 2.20 bits per heavy atom. The van der Waals surface area contributed by atoms with Crippen molar-refractivity contribution in [2.24, 2.45) is 4.99 Å². The number of likely N-dealkylation sites (N-methyl/N-ethyl adjacent to an activating group) is 1. The Bertz CT molecular complexity index is 129. The predicted octanol–water partition coefficient (Wildman–Crippen LogP) is 1.54. The summed E-state index contributed by atoms with van der Waals surface area (Å²) in [6, 6.07) is 0.293. The van der Waals surface area contributed by atoms with Crippen molar-refractivity contribution in [3.63, 3.8) is 0 Å². The van der Waals surface area contributed by atoms with Crippen molar-refractivity contribution in [1.29, 1.82) is 0 Å². The van der Waals surface area contributed by atoms with E-state index in [1.807, 2.05) is 20.9 Å². The van der Waals surface area contributed by atoms with E-state index in [0.717, 1.165) is 12.2 Å². The third kappa shape index (κ3) is 3.28. The number of aliphatic imine (C=N–C) groups is 1. The Labute approximate surface area is 63.3 Å². The first-order chi connectivity index (χ1) is 4.57. The molecule has 0 aliphatic rings. The minimum Gasteiger partial charge on any atom is -0.376 e. The number of rotatable bonds is 4. The van der Waals surface area contributed by atoms with Gasteiger partial charge in [-0.3, -0.25) is 4.99 Å². The van der Waals surface area contributed by atoms with Gasteiger partial charge in [-0.1, -0.05) is 6.58 Å². The number of allylic oxidation sites excluding steroid dienone is 1. The van der Waals surface area contributed by atoms with Gasteiger partial charge in [0.15, 0.2) is 0 Å². The fourth-order valence-corrected chi connectivity index (χ4v) is 0.610. The highest BCUT2D eigenvalue weighted by atomic mass is 15.1. The van der Waals surface area contributed by atoms with E-state index in [-0.39, 0.29) is 0 Å². The van der Waals surface area contributed by atoms with Crippen LogP contribution in [0.15, 0.2) is 17.3 Å². The SMILES string of the molecule is C=NC(C)CN(C)C(=C)C. The molecule has 58 valence electrons. The molecule has 0 bridgehead atoms. The molecule has 0 aromatic carbocycles. The molecule has 0 aromatic rings. The van der Waals surface area contributed by atoms with Crippen LogP contribution in [0.3, 0.4) is 0 Å². The molecule has 0 aromatic heterocycles. The van der Waals surface area contributed by atoms with Crippen LogP contribution in [0.4, 0.5) is 0 Å². The molecule has 0 spiro atoms. The highest BCUT2D eigenvalue weighted by Crippen LogP contribution is 1.98. The first kappa shape index (κ1) is 9.21. The lowest BCUT2D eigenvalue weighted by atomic mass is 10.3. The number of nitrogens with zero attached hydrogens (tertiary/aromatic N) is 2. The van der Waals surface area contributed by atoms with Gasteiger partial charge in [-0.2, -0.15) is 0 Å². The molecule has 0 aliphatic heterocycles. The topological polar surface area (TPSA) is 15.6 Å². The summed E-state index contributed by atoms with van der Waals surface area (Å²) in [6.07, 6.45) is 0. The Morgan fingerprint density at radius 1 is 1.70 bits per heavy atom. The summed E-state index contributed by atoms with van der Waals surface area (Å²) in [7, 11) is 2.00. The Kier molecular flexibility index (Phi) is 3.77. The van der Waals surface area contributed by atoms with Crippen LogP contribution < -0.4 is 0 Å². The van der Waals surface area contributed by atoms with Gasteiger partial charge in [0.1, 0.15) is 0 Å². The Balaban J connectivity index is 3.67. The molecule has 0 radical (unpaired) electrons. The van der Waals surface area contributed by atoms with E-state index in [1.165, 1.54) is 0 Å². The third-order valence-electron chi connectivity index (χ3n) is 1.50. The molecule has 0 saturated carbocycles. The lowest BCUT2D eigenvalue weighted by Gasteiger charge is -2.20. The predicted molar refractivity (Wildman–Crippen MR) is 46.5 cm³/mol. The molecule has 0 heterocycles. The highest BCUT2D eigenvalue weighted by Gasteiger charge is 2.01. The Morgan fingerprint density at radius 3 is 2.50 bits per heavy atom. The van der Waals surface area contributed by atoms with E-state index in [0.29, 0.717) is 6.04 Å². The van der Waals surface area contributed by atoms with Gasteiger partial charge < -0.3 is 4.90 Å². The second-order valence-electron chi connectivity index (χ2n) is 2.65. The van der Waals surface area contributed by atoms with Gasteiger partial charge in [0.25, 0.3) is 0 Å². The molecule has 0 rings (SSSR count). The fraction of sp³-hybridized carbons (Fsp3) is 0.625. The molecule has 1 unspecified atom stereocenters. The molecule has 0 amide bonds. The zero-order chi connectivity index (χ0) is 8.15. The van der Waals surface area contributed by atoms with Crippen molar-refractivity contribution >= 4 is 6.72 Å². The van der Waals surface area contributed by atoms with Crippen LogP contribution in [0.1, 0.15) is 13.8 Å². The molecule has 0 fully saturated rings. The van der Waals surface area contributed by atoms with Crippen LogP contribution in [0.25, 0.3) is 0 Å². The molecule has 1 atom stereocenters. The maximum atomic E-state index is 3.88. The molecule has 2 nitrogen and oxygen atoms in total. The van der Waals surface area contributed by atoms with Crippen LogP contribution >= 0.6 is 0 Å². The van der Waals surface area contributed by atoms with Gasteiger partial charge in [-0.15, -0.1) is 0 Å². The zero-order valence-corrected chi connectivity index (χ0v) is 7.09. The minimum atomic E-state index is 0.293. The lowest BCUT2D eigenvalue weighted by molar-refractivity contribution is 0.395. The van der Waals surface area contributed by atoms with Gasteiger partial charge in [-0.25, -0.2) is 0 Å². The average molecular weight is 140 g/mol. The van der Waals surface area contributed by atoms with Crippen molar-refractivity contribution in [2.75, 3.05) is 13.6 Å². The smallest absolute Gasteiger partial charge is 0.0638 e. The first-order valence-electron chi connectivity index (χ1n) is 3.40. The largest absolute Gasteiger partial charge is 0.376 e. The summed E-state index contributed by atoms with van der Waals surface area (Å²) < 4.78 is 0. The van der Waals surface area contributed by atoms with Gasteiger partial charge in [0, 0.05) is 19.3 Å². The highest BCUT2D eigenvalue weighted by molar-refractivity contribution is 5.24. The third-order valence-corrected chi connectivity index (χ3v) is 1.50. The summed E-state index contributed by atoms with van der Waals surface area (Å²) in [5, 5.41) is 0. The van der Waals surface area contributed by atoms with Crippen LogP contribution in [-0.4, -0.2) is 31.3 Å². The van der Waals surface area contributed by atoms with E-state index in [4.69, 9.17) is 0 Å². The molecular formula is C8H16N2. The van der Waals surface area contributed by atoms with Crippen LogP contribution in [0, 0.1) is 0 Å². The van der Waals surface area contributed by atoms with Crippen molar-refractivity contribution in [3.05, 3.63) is 12.3 Å². The normalized spacial score (nSPS) is 12.3. The monoisotopic (exact) mass is 140 g/mol. The van der Waals surface area contributed by atoms with Crippen LogP contribution in [0.5, 0.6) is 0 Å². The van der Waals surface area contributed by atoms with Crippen molar-refractivity contribution in [2.45, 2.75) is 19.9 Å². The van der Waals surface area contributed by atoms with E-state index in [2.05, 4.69) is 23.2 Å². The van der Waals surface area contributed by atoms with E-state index >= 15 is 0 Å². The van der Waals surface area contributed by atoms with E-state index < -0.39 is 0 Å². The quantitative estimate of drug-likeness (QED) is 0.541. The van der Waals surface area contributed by atoms with Crippen LogP contribution in [0.2, 0.25) is 0 Å². The maximum Gasteiger partial charge on any atom is 0.0638 e. The maximum absolute atomic E-state index is 3.88. The van der Waals surface area contributed by atoms with Crippen molar-refractivity contribution in [1.82, 2.24) is 4.90 Å². The molecular weight excluding hydrogens is 124 g/mol. The van der Waals surface area contributed by atoms with Crippen LogP contribution in [-0.2, 0) is 0 Å². The summed E-state index contributed by atoms with van der Waals surface area (Å²) in [4.78, 5) is 5.95. The molecule has 0 N–H and O–H groups in total. The summed E-state index contributed by atoms with van der Waals surface area (Å²) in [5.41, 5.74) is 1.07. The minimum absolute atomic E-state index is 0.293. The first-order valence-corrected chi connectivity index (χ1v) is 3.40. The lowest BCUT2D eigenvalue weighted by Crippen LogP contribution is -2.24. The fourth-order valence-electron chi connectivity index (χ4n) is 0.610. The van der Waals surface area contributed by atoms with Gasteiger partial charge in [0.2, 0.25) is 0 Å². The number of hydrogen-bond donors (Lipinski definition) is 0. The van der Waals surface area contributed by atoms with Gasteiger partial charge in [0.05, 0.1) is 6.04 Å².